The Morgan fingerprint density at radius 2 is 0.516 bits per heavy atom. The molecule has 0 saturated carbocycles. The van der Waals surface area contributed by atoms with Crippen LogP contribution in [0.15, 0.2) is 285 Å². The van der Waals surface area contributed by atoms with Gasteiger partial charge >= 0.3 is 0 Å². The van der Waals surface area contributed by atoms with Gasteiger partial charge in [-0.05, 0) is 135 Å². The minimum absolute atomic E-state index is 0.141. The summed E-state index contributed by atoms with van der Waals surface area (Å²) >= 11 is 0. The fraction of sp³-hybridized carbons (Fsp3) is 0.0930. The van der Waals surface area contributed by atoms with Gasteiger partial charge in [0.05, 0.1) is 55.5 Å². The normalized spacial score (nSPS) is 13.2. The standard InChI is InChI=1S/C86H65BN6/c1-85(2,3)64-34-13-21-42-74(64)92-76-44-25-45-77-82(76)87(66-50-48-54(52-80(66)92)88-68-36-15-11-30-60(68)62-32-23-46-78(83(62)88)90-70-38-17-7-26-56(70)57-27-8-18-39-71(57)90)67-51-49-55(53-81(67)93(77)75-43-22-14-35-65(75)86(4,5)6)89-69-37-16-12-31-61(69)63-33-24-47-79(84(63)89)91-72-40-19-9-28-58(72)59-29-10-20-41-73(59)91/h7-53H,1-6H3. The van der Waals surface area contributed by atoms with Crippen LogP contribution in [0, 0.1) is 0 Å². The molecule has 6 heterocycles. The molecule has 2 aliphatic rings. The second-order valence-corrected chi connectivity index (χ2v) is 27.6. The number of aromatic nitrogens is 4. The Kier molecular flexibility index (Phi) is 11.3. The van der Waals surface area contributed by atoms with E-state index in [4.69, 9.17) is 0 Å². The monoisotopic (exact) mass is 1190 g/mol. The summed E-state index contributed by atoms with van der Waals surface area (Å²) < 4.78 is 10.1. The van der Waals surface area contributed by atoms with Crippen molar-refractivity contribution in [2.24, 2.45) is 0 Å². The maximum atomic E-state index is 2.62. The first kappa shape index (κ1) is 53.6. The van der Waals surface area contributed by atoms with E-state index in [1.54, 1.807) is 0 Å². The Hall–Kier alpha value is -11.3. The summed E-state index contributed by atoms with van der Waals surface area (Å²) in [4.78, 5) is 5.25. The molecule has 19 rings (SSSR count). The Labute approximate surface area is 540 Å². The SMILES string of the molecule is CC(C)(C)c1ccccc1N1c2cc(-n3c4ccccc4c4cccc(-n5c6ccccc6c6ccccc65)c43)ccc2B2c3ccc(-n4c5ccccc5c5cccc(-n6c7ccccc7c7ccccc76)c54)cc3N(c3ccccc3C(C)(C)C)c3cccc1c32. The Balaban J connectivity index is 0.903. The van der Waals surface area contributed by atoms with Crippen molar-refractivity contribution < 1.29 is 0 Å². The number of benzene rings is 13. The first-order valence-electron chi connectivity index (χ1n) is 32.7. The minimum atomic E-state index is -0.182. The second-order valence-electron chi connectivity index (χ2n) is 27.6. The lowest BCUT2D eigenvalue weighted by molar-refractivity contribution is 0.591. The van der Waals surface area contributed by atoms with Gasteiger partial charge in [-0.1, -0.05) is 230 Å². The van der Waals surface area contributed by atoms with Crippen molar-refractivity contribution in [3.05, 3.63) is 296 Å². The molecular weight excluding hydrogens is 1130 g/mol. The summed E-state index contributed by atoms with van der Waals surface area (Å²) in [5.41, 5.74) is 26.9. The number of nitrogens with zero attached hydrogens (tertiary/aromatic N) is 6. The fourth-order valence-electron chi connectivity index (χ4n) is 16.6. The fourth-order valence-corrected chi connectivity index (χ4v) is 16.6. The zero-order chi connectivity index (χ0) is 62.2. The molecular formula is C86H65BN6. The highest BCUT2D eigenvalue weighted by atomic mass is 15.2. The molecule has 13 aromatic carbocycles. The van der Waals surface area contributed by atoms with Gasteiger partial charge in [-0.15, -0.1) is 0 Å². The summed E-state index contributed by atoms with van der Waals surface area (Å²) in [6, 6.07) is 107. The molecule has 7 heteroatoms. The van der Waals surface area contributed by atoms with Crippen molar-refractivity contribution in [3.8, 4) is 22.7 Å². The largest absolute Gasteiger partial charge is 0.311 e. The van der Waals surface area contributed by atoms with Crippen molar-refractivity contribution in [2.75, 3.05) is 9.80 Å². The summed E-state index contributed by atoms with van der Waals surface area (Å²) in [6.07, 6.45) is 0. The Morgan fingerprint density at radius 3 is 0.882 bits per heavy atom. The molecule has 0 aliphatic carbocycles. The number of para-hydroxylation sites is 10. The summed E-state index contributed by atoms with van der Waals surface area (Å²) in [6.45, 7) is 14.0. The second kappa shape index (κ2) is 19.6. The van der Waals surface area contributed by atoms with E-state index in [1.807, 2.05) is 0 Å². The van der Waals surface area contributed by atoms with Gasteiger partial charge in [0.1, 0.15) is 0 Å². The quantitative estimate of drug-likeness (QED) is 0.155. The number of anilines is 6. The number of rotatable bonds is 6. The van der Waals surface area contributed by atoms with Crippen LogP contribution in [0.4, 0.5) is 34.1 Å². The maximum Gasteiger partial charge on any atom is 0.252 e. The molecule has 0 N–H and O–H groups in total. The smallest absolute Gasteiger partial charge is 0.252 e. The van der Waals surface area contributed by atoms with Crippen molar-refractivity contribution >= 4 is 144 Å². The van der Waals surface area contributed by atoms with Crippen LogP contribution in [-0.4, -0.2) is 25.0 Å². The zero-order valence-corrected chi connectivity index (χ0v) is 52.9. The van der Waals surface area contributed by atoms with Crippen LogP contribution in [0.5, 0.6) is 0 Å². The molecule has 0 saturated heterocycles. The van der Waals surface area contributed by atoms with Crippen molar-refractivity contribution in [2.45, 2.75) is 52.4 Å². The van der Waals surface area contributed by atoms with Gasteiger partial charge < -0.3 is 28.1 Å². The van der Waals surface area contributed by atoms with Gasteiger partial charge in [-0.3, -0.25) is 0 Å². The lowest BCUT2D eigenvalue weighted by Gasteiger charge is -2.45. The first-order chi connectivity index (χ1) is 45.5. The van der Waals surface area contributed by atoms with Gasteiger partial charge in [0.2, 0.25) is 0 Å². The number of hydrogen-bond donors (Lipinski definition) is 0. The molecule has 0 unspecified atom stereocenters. The van der Waals surface area contributed by atoms with Gasteiger partial charge in [-0.2, -0.15) is 0 Å². The van der Waals surface area contributed by atoms with Crippen LogP contribution in [0.2, 0.25) is 0 Å². The lowest BCUT2D eigenvalue weighted by Crippen LogP contribution is -2.61. The van der Waals surface area contributed by atoms with Crippen LogP contribution in [0.1, 0.15) is 52.7 Å². The van der Waals surface area contributed by atoms with E-state index in [1.165, 1.54) is 126 Å². The van der Waals surface area contributed by atoms with Gasteiger partial charge in [-0.25, -0.2) is 0 Å². The van der Waals surface area contributed by atoms with Crippen LogP contribution < -0.4 is 26.2 Å². The molecule has 2 aliphatic heterocycles. The van der Waals surface area contributed by atoms with Gasteiger partial charge in [0.25, 0.3) is 6.71 Å². The van der Waals surface area contributed by atoms with Crippen molar-refractivity contribution in [1.82, 2.24) is 18.3 Å². The predicted octanol–water partition coefficient (Wildman–Crippen LogP) is 20.8. The molecule has 93 heavy (non-hydrogen) atoms. The molecule has 6 nitrogen and oxygen atoms in total. The molecule has 0 spiro atoms. The number of hydrogen-bond acceptors (Lipinski definition) is 2. The molecule has 4 aromatic heterocycles. The van der Waals surface area contributed by atoms with E-state index in [-0.39, 0.29) is 17.5 Å². The van der Waals surface area contributed by atoms with E-state index >= 15 is 0 Å². The third kappa shape index (κ3) is 7.59. The minimum Gasteiger partial charge on any atom is -0.311 e. The van der Waals surface area contributed by atoms with Gasteiger partial charge in [0.15, 0.2) is 0 Å². The van der Waals surface area contributed by atoms with E-state index in [2.05, 4.69) is 355 Å². The first-order valence-corrected chi connectivity index (χ1v) is 32.7. The van der Waals surface area contributed by atoms with Crippen LogP contribution in [0.3, 0.4) is 0 Å². The highest BCUT2D eigenvalue weighted by Crippen LogP contribution is 2.50. The lowest BCUT2D eigenvalue weighted by atomic mass is 9.33. The van der Waals surface area contributed by atoms with E-state index in [0.29, 0.717) is 0 Å². The topological polar surface area (TPSA) is 26.2 Å². The predicted molar refractivity (Wildman–Crippen MR) is 395 cm³/mol. The third-order valence-electron chi connectivity index (χ3n) is 20.4. The highest BCUT2D eigenvalue weighted by molar-refractivity contribution is 7.00. The van der Waals surface area contributed by atoms with Crippen LogP contribution >= 0.6 is 0 Å². The third-order valence-corrected chi connectivity index (χ3v) is 20.4. The highest BCUT2D eigenvalue weighted by Gasteiger charge is 2.45. The Morgan fingerprint density at radius 1 is 0.237 bits per heavy atom. The molecule has 442 valence electrons. The van der Waals surface area contributed by atoms with E-state index in [9.17, 15) is 0 Å². The van der Waals surface area contributed by atoms with Crippen molar-refractivity contribution in [1.29, 1.82) is 0 Å². The Bertz CT molecular complexity index is 5540. The summed E-state index contributed by atoms with van der Waals surface area (Å²) in [5.74, 6) is 0. The molecule has 0 atom stereocenters. The zero-order valence-electron chi connectivity index (χ0n) is 52.9. The molecule has 0 amide bonds. The molecule has 0 radical (unpaired) electrons. The number of fused-ring (bicyclic) bond motifs is 16. The van der Waals surface area contributed by atoms with Gasteiger partial charge in [0, 0.05) is 88.6 Å². The van der Waals surface area contributed by atoms with Crippen molar-refractivity contribution in [3.63, 3.8) is 0 Å². The molecule has 0 bridgehead atoms. The molecule has 17 aromatic rings. The molecule has 0 fully saturated rings. The maximum absolute atomic E-state index is 2.62. The summed E-state index contributed by atoms with van der Waals surface area (Å²) in [5, 5.41) is 9.84. The van der Waals surface area contributed by atoms with Crippen LogP contribution in [0.25, 0.3) is 110 Å². The average molecular weight is 1190 g/mol. The van der Waals surface area contributed by atoms with Crippen LogP contribution in [-0.2, 0) is 10.8 Å². The summed E-state index contributed by atoms with van der Waals surface area (Å²) in [7, 11) is 0. The average Bonchev–Trinajstić information content (AvgIpc) is 1.57. The van der Waals surface area contributed by atoms with E-state index in [0.717, 1.165) is 45.2 Å². The van der Waals surface area contributed by atoms with E-state index < -0.39 is 0 Å².